The van der Waals surface area contributed by atoms with Crippen LogP contribution in [0.15, 0.2) is 65.6 Å². The van der Waals surface area contributed by atoms with Crippen molar-refractivity contribution in [2.45, 2.75) is 12.6 Å². The predicted octanol–water partition coefficient (Wildman–Crippen LogP) is 2.68. The summed E-state index contributed by atoms with van der Waals surface area (Å²) in [5.41, 5.74) is 3.46. The first kappa shape index (κ1) is 18.2. The van der Waals surface area contributed by atoms with Crippen LogP contribution in [0.4, 0.5) is 11.4 Å². The van der Waals surface area contributed by atoms with Crippen molar-refractivity contribution in [3.63, 3.8) is 0 Å². The molecule has 1 saturated heterocycles. The smallest absolute Gasteiger partial charge is 0.297 e. The average molecular weight is 408 g/mol. The maximum absolute atomic E-state index is 13.5. The van der Waals surface area contributed by atoms with Crippen molar-refractivity contribution in [1.29, 1.82) is 0 Å². The van der Waals surface area contributed by atoms with Gasteiger partial charge in [0, 0.05) is 24.7 Å². The molecule has 1 atom stereocenters. The van der Waals surface area contributed by atoms with Crippen LogP contribution >= 0.6 is 11.6 Å². The lowest BCUT2D eigenvalue weighted by Crippen LogP contribution is -2.53. The first-order valence-electron chi connectivity index (χ1n) is 9.88. The van der Waals surface area contributed by atoms with Crippen LogP contribution in [-0.4, -0.2) is 42.1 Å². The van der Waals surface area contributed by atoms with Crippen molar-refractivity contribution in [2.24, 2.45) is 0 Å². The summed E-state index contributed by atoms with van der Waals surface area (Å²) in [7, 11) is 0. The fourth-order valence-corrected chi connectivity index (χ4v) is 4.40. The van der Waals surface area contributed by atoms with E-state index in [-0.39, 0.29) is 11.7 Å². The van der Waals surface area contributed by atoms with E-state index in [2.05, 4.69) is 44.5 Å². The largest absolute Gasteiger partial charge is 0.362 e. The Kier molecular flexibility index (Phi) is 4.73. The lowest BCUT2D eigenvalue weighted by molar-refractivity contribution is 0.556. The number of fused-ring (bicyclic) bond motifs is 3. The molecule has 2 aromatic carbocycles. The Balaban J connectivity index is 1.55. The van der Waals surface area contributed by atoms with Crippen molar-refractivity contribution in [3.8, 4) is 5.69 Å². The summed E-state index contributed by atoms with van der Waals surface area (Å²) in [6.07, 6.45) is 2.90. The van der Waals surface area contributed by atoms with Crippen LogP contribution in [0.2, 0.25) is 5.02 Å². The van der Waals surface area contributed by atoms with Gasteiger partial charge >= 0.3 is 0 Å². The molecule has 1 unspecified atom stereocenters. The number of nitrogens with one attached hydrogen (secondary N) is 1. The van der Waals surface area contributed by atoms with Gasteiger partial charge in [0.15, 0.2) is 0 Å². The number of nitrogens with zero attached hydrogens (tertiary/aromatic N) is 4. The molecular weight excluding hydrogens is 386 g/mol. The van der Waals surface area contributed by atoms with Crippen molar-refractivity contribution >= 4 is 23.0 Å². The van der Waals surface area contributed by atoms with Gasteiger partial charge in [0.2, 0.25) is 0 Å². The van der Waals surface area contributed by atoms with Crippen molar-refractivity contribution in [3.05, 3.63) is 81.7 Å². The third-order valence-corrected chi connectivity index (χ3v) is 5.86. The zero-order valence-corrected chi connectivity index (χ0v) is 16.7. The summed E-state index contributed by atoms with van der Waals surface area (Å²) in [5.74, 6) is 0. The minimum atomic E-state index is -0.108. The van der Waals surface area contributed by atoms with Crippen LogP contribution in [0.3, 0.4) is 0 Å². The van der Waals surface area contributed by atoms with E-state index < -0.39 is 0 Å². The summed E-state index contributed by atoms with van der Waals surface area (Å²) >= 11 is 6.14. The molecule has 0 aliphatic carbocycles. The van der Waals surface area contributed by atoms with Crippen molar-refractivity contribution in [1.82, 2.24) is 15.1 Å². The van der Waals surface area contributed by atoms with Gasteiger partial charge in [-0.25, -0.2) is 0 Å². The molecule has 3 heterocycles. The molecular formula is C22H22ClN5O. The number of anilines is 2. The number of rotatable bonds is 4. The second-order valence-electron chi connectivity index (χ2n) is 7.42. The topological polar surface area (TPSA) is 53.4 Å². The summed E-state index contributed by atoms with van der Waals surface area (Å²) in [6, 6.07) is 17.6. The van der Waals surface area contributed by atoms with E-state index in [4.69, 9.17) is 11.6 Å². The molecule has 1 fully saturated rings. The zero-order valence-electron chi connectivity index (χ0n) is 16.0. The van der Waals surface area contributed by atoms with Gasteiger partial charge in [-0.05, 0) is 30.2 Å². The molecule has 1 N–H and O–H groups in total. The zero-order chi connectivity index (χ0) is 19.8. The van der Waals surface area contributed by atoms with E-state index in [9.17, 15) is 4.79 Å². The number of hydrogen-bond donors (Lipinski definition) is 1. The van der Waals surface area contributed by atoms with Gasteiger partial charge < -0.3 is 9.80 Å². The first-order valence-corrected chi connectivity index (χ1v) is 10.3. The second-order valence-corrected chi connectivity index (χ2v) is 7.86. The van der Waals surface area contributed by atoms with Crippen molar-refractivity contribution < 1.29 is 0 Å². The van der Waals surface area contributed by atoms with Gasteiger partial charge in [0.05, 0.1) is 30.3 Å². The van der Waals surface area contributed by atoms with Crippen LogP contribution in [0, 0.1) is 0 Å². The van der Waals surface area contributed by atoms with Gasteiger partial charge in [0.25, 0.3) is 5.56 Å². The van der Waals surface area contributed by atoms with Gasteiger partial charge in [-0.3, -0.25) is 10.1 Å². The van der Waals surface area contributed by atoms with Crippen LogP contribution < -0.4 is 20.7 Å². The van der Waals surface area contributed by atoms with E-state index in [1.165, 1.54) is 10.2 Å². The molecule has 5 rings (SSSR count). The fourth-order valence-electron chi connectivity index (χ4n) is 4.22. The highest BCUT2D eigenvalue weighted by Gasteiger charge is 2.36. The minimum Gasteiger partial charge on any atom is -0.362 e. The minimum absolute atomic E-state index is 0.108. The normalized spacial score (nSPS) is 17.9. The highest BCUT2D eigenvalue weighted by Crippen LogP contribution is 2.33. The Hall–Kier alpha value is -2.83. The summed E-state index contributed by atoms with van der Waals surface area (Å²) in [6.45, 7) is 3.34. The van der Waals surface area contributed by atoms with E-state index in [1.807, 2.05) is 24.4 Å². The molecule has 0 radical (unpaired) electrons. The molecule has 0 saturated carbocycles. The maximum Gasteiger partial charge on any atom is 0.297 e. The molecule has 148 valence electrons. The first-order chi connectivity index (χ1) is 14.2. The molecule has 29 heavy (non-hydrogen) atoms. The Bertz CT molecular complexity index is 1080. The Labute approximate surface area is 174 Å². The summed E-state index contributed by atoms with van der Waals surface area (Å²) in [4.78, 5) is 18.0. The molecule has 0 amide bonds. The van der Waals surface area contributed by atoms with Gasteiger partial charge in [-0.1, -0.05) is 48.0 Å². The van der Waals surface area contributed by atoms with E-state index in [1.54, 1.807) is 12.1 Å². The van der Waals surface area contributed by atoms with Crippen molar-refractivity contribution in [2.75, 3.05) is 36.0 Å². The van der Waals surface area contributed by atoms with E-state index >= 15 is 0 Å². The third kappa shape index (κ3) is 3.39. The van der Waals surface area contributed by atoms with Crippen LogP contribution in [0.25, 0.3) is 5.69 Å². The monoisotopic (exact) mass is 407 g/mol. The number of aromatic nitrogens is 2. The molecule has 7 heteroatoms. The van der Waals surface area contributed by atoms with E-state index in [0.717, 1.165) is 44.0 Å². The Morgan fingerprint density at radius 1 is 1.14 bits per heavy atom. The Morgan fingerprint density at radius 2 is 2.00 bits per heavy atom. The van der Waals surface area contributed by atoms with Gasteiger partial charge in [0.1, 0.15) is 5.69 Å². The highest BCUT2D eigenvalue weighted by atomic mass is 35.5. The predicted molar refractivity (Wildman–Crippen MR) is 116 cm³/mol. The van der Waals surface area contributed by atoms with Crippen LogP contribution in [0.1, 0.15) is 5.56 Å². The van der Waals surface area contributed by atoms with Gasteiger partial charge in [-0.15, -0.1) is 0 Å². The summed E-state index contributed by atoms with van der Waals surface area (Å²) < 4.78 is 1.45. The van der Waals surface area contributed by atoms with Crippen LogP contribution in [0.5, 0.6) is 0 Å². The number of halogens is 1. The average Bonchev–Trinajstić information content (AvgIpc) is 3.21. The summed E-state index contributed by atoms with van der Waals surface area (Å²) in [5, 5.41) is 8.58. The maximum atomic E-state index is 13.5. The molecule has 0 bridgehead atoms. The third-order valence-electron chi connectivity index (χ3n) is 5.63. The fraction of sp³-hybridized carbons (Fsp3) is 0.273. The highest BCUT2D eigenvalue weighted by molar-refractivity contribution is 6.30. The number of hydrogen-bond acceptors (Lipinski definition) is 5. The number of benzene rings is 2. The second kappa shape index (κ2) is 7.54. The van der Waals surface area contributed by atoms with Gasteiger partial charge in [-0.2, -0.15) is 9.78 Å². The molecule has 3 aromatic rings. The lowest BCUT2D eigenvalue weighted by Gasteiger charge is -2.40. The standard InChI is InChI=1S/C22H22ClN5O/c23-17-7-4-8-18(13-17)28-22(29)21-19(14-25-28)27-12-10-24-20(27)15-26(21)11-9-16-5-2-1-3-6-16/h1-8,13-14,20,24H,9-12,15H2. The SMILES string of the molecule is O=c1c2c(cnn1-c1cccc(Cl)c1)N1CCNC1CN2CCc1ccccc1. The molecule has 6 nitrogen and oxygen atoms in total. The molecule has 1 aromatic heterocycles. The lowest BCUT2D eigenvalue weighted by atomic mass is 10.1. The van der Waals surface area contributed by atoms with Crippen LogP contribution in [-0.2, 0) is 6.42 Å². The quantitative estimate of drug-likeness (QED) is 0.720. The molecule has 2 aliphatic rings. The Morgan fingerprint density at radius 3 is 2.83 bits per heavy atom. The van der Waals surface area contributed by atoms with E-state index in [0.29, 0.717) is 10.7 Å². The molecule has 0 spiro atoms. The molecule has 2 aliphatic heterocycles.